The number of nitrogens with zero attached hydrogens (tertiary/aromatic N) is 4. The summed E-state index contributed by atoms with van der Waals surface area (Å²) in [4.78, 5) is 32.3. The van der Waals surface area contributed by atoms with Crippen LogP contribution in [0.2, 0.25) is 0 Å². The molecule has 156 valence electrons. The van der Waals surface area contributed by atoms with Gasteiger partial charge < -0.3 is 19.3 Å². The maximum atomic E-state index is 12.3. The van der Waals surface area contributed by atoms with Gasteiger partial charge in [-0.05, 0) is 24.6 Å². The first-order valence-corrected chi connectivity index (χ1v) is 10.5. The standard InChI is InChI=1S/C20H26N4O4S/c1-3-28-19(26)8-7-18(25)23-9-11-24(12-10-23)20-21-17(22-29-20)14-15-5-4-6-16(13-15)27-2/h4-6,13H,3,7-12,14H2,1-2H3. The van der Waals surface area contributed by atoms with Crippen molar-refractivity contribution in [3.63, 3.8) is 0 Å². The zero-order valence-electron chi connectivity index (χ0n) is 16.8. The summed E-state index contributed by atoms with van der Waals surface area (Å²) in [5.41, 5.74) is 1.10. The first-order valence-electron chi connectivity index (χ1n) is 9.73. The van der Waals surface area contributed by atoms with Crippen LogP contribution in [-0.4, -0.2) is 66.0 Å². The predicted molar refractivity (Wildman–Crippen MR) is 110 cm³/mol. The Morgan fingerprint density at radius 3 is 2.69 bits per heavy atom. The fourth-order valence-electron chi connectivity index (χ4n) is 3.16. The summed E-state index contributed by atoms with van der Waals surface area (Å²) < 4.78 is 14.6. The first kappa shape index (κ1) is 21.0. The lowest BCUT2D eigenvalue weighted by molar-refractivity contribution is -0.145. The molecule has 0 spiro atoms. The molecule has 3 rings (SSSR count). The molecule has 1 saturated heterocycles. The van der Waals surface area contributed by atoms with Crippen LogP contribution in [0.5, 0.6) is 5.75 Å². The minimum absolute atomic E-state index is 0.00585. The number of anilines is 1. The van der Waals surface area contributed by atoms with Crippen molar-refractivity contribution in [1.82, 2.24) is 14.3 Å². The van der Waals surface area contributed by atoms with Crippen LogP contribution in [0.15, 0.2) is 24.3 Å². The number of aromatic nitrogens is 2. The fraction of sp³-hybridized carbons (Fsp3) is 0.500. The number of esters is 1. The molecule has 0 unspecified atom stereocenters. The van der Waals surface area contributed by atoms with E-state index in [1.807, 2.05) is 24.3 Å². The van der Waals surface area contributed by atoms with Crippen molar-refractivity contribution >= 4 is 28.5 Å². The molecule has 1 amide bonds. The van der Waals surface area contributed by atoms with Crippen LogP contribution in [0.25, 0.3) is 0 Å². The first-order chi connectivity index (χ1) is 14.1. The highest BCUT2D eigenvalue weighted by molar-refractivity contribution is 7.09. The molecule has 1 aliphatic heterocycles. The Labute approximate surface area is 174 Å². The Morgan fingerprint density at radius 1 is 1.17 bits per heavy atom. The van der Waals surface area contributed by atoms with E-state index in [-0.39, 0.29) is 24.7 Å². The van der Waals surface area contributed by atoms with Gasteiger partial charge >= 0.3 is 5.97 Å². The molecule has 0 N–H and O–H groups in total. The second-order valence-corrected chi connectivity index (χ2v) is 7.42. The average molecular weight is 419 g/mol. The van der Waals surface area contributed by atoms with E-state index in [1.165, 1.54) is 11.5 Å². The largest absolute Gasteiger partial charge is 0.497 e. The van der Waals surface area contributed by atoms with Gasteiger partial charge in [0.15, 0.2) is 0 Å². The Hall–Kier alpha value is -2.68. The summed E-state index contributed by atoms with van der Waals surface area (Å²) in [6.45, 7) is 4.75. The van der Waals surface area contributed by atoms with E-state index in [1.54, 1.807) is 18.9 Å². The number of benzene rings is 1. The summed E-state index contributed by atoms with van der Waals surface area (Å²) in [6.07, 6.45) is 0.985. The van der Waals surface area contributed by atoms with Crippen molar-refractivity contribution in [1.29, 1.82) is 0 Å². The lowest BCUT2D eigenvalue weighted by atomic mass is 10.1. The number of ether oxygens (including phenoxy) is 2. The molecule has 1 aromatic heterocycles. The number of hydrogen-bond donors (Lipinski definition) is 0. The van der Waals surface area contributed by atoms with Crippen molar-refractivity contribution < 1.29 is 19.1 Å². The molecule has 29 heavy (non-hydrogen) atoms. The Balaban J connectivity index is 1.48. The summed E-state index contributed by atoms with van der Waals surface area (Å²) in [5.74, 6) is 1.28. The molecular weight excluding hydrogens is 392 g/mol. The highest BCUT2D eigenvalue weighted by Gasteiger charge is 2.23. The molecule has 0 saturated carbocycles. The van der Waals surface area contributed by atoms with E-state index in [0.717, 1.165) is 22.3 Å². The number of carbonyl (C=O) groups is 2. The molecule has 1 fully saturated rings. The van der Waals surface area contributed by atoms with Crippen LogP contribution in [0.1, 0.15) is 31.2 Å². The van der Waals surface area contributed by atoms with E-state index in [2.05, 4.69) is 14.3 Å². The maximum Gasteiger partial charge on any atom is 0.306 e. The zero-order valence-corrected chi connectivity index (χ0v) is 17.6. The Kier molecular flexibility index (Phi) is 7.40. The summed E-state index contributed by atoms with van der Waals surface area (Å²) in [5, 5.41) is 0.876. The minimum atomic E-state index is -0.322. The molecular formula is C20H26N4O4S. The smallest absolute Gasteiger partial charge is 0.306 e. The molecule has 9 heteroatoms. The van der Waals surface area contributed by atoms with E-state index in [9.17, 15) is 9.59 Å². The average Bonchev–Trinajstić information content (AvgIpc) is 3.21. The van der Waals surface area contributed by atoms with E-state index < -0.39 is 0 Å². The topological polar surface area (TPSA) is 84.9 Å². The van der Waals surface area contributed by atoms with Crippen molar-refractivity contribution in [3.8, 4) is 5.75 Å². The zero-order chi connectivity index (χ0) is 20.6. The number of methoxy groups -OCH3 is 1. The van der Waals surface area contributed by atoms with Gasteiger partial charge in [0, 0.05) is 50.6 Å². The van der Waals surface area contributed by atoms with Gasteiger partial charge in [-0.1, -0.05) is 12.1 Å². The second-order valence-electron chi connectivity index (χ2n) is 6.69. The van der Waals surface area contributed by atoms with Crippen molar-refractivity contribution in [2.75, 3.05) is 44.8 Å². The van der Waals surface area contributed by atoms with Gasteiger partial charge in [0.2, 0.25) is 11.0 Å². The molecule has 2 aromatic rings. The predicted octanol–water partition coefficient (Wildman–Crippen LogP) is 2.13. The lowest BCUT2D eigenvalue weighted by Crippen LogP contribution is -2.48. The van der Waals surface area contributed by atoms with Gasteiger partial charge in [-0.25, -0.2) is 4.98 Å². The van der Waals surface area contributed by atoms with Gasteiger partial charge in [0.25, 0.3) is 0 Å². The van der Waals surface area contributed by atoms with Crippen LogP contribution in [0.3, 0.4) is 0 Å². The van der Waals surface area contributed by atoms with E-state index in [0.29, 0.717) is 39.2 Å². The monoisotopic (exact) mass is 418 g/mol. The molecule has 0 atom stereocenters. The number of rotatable bonds is 8. The van der Waals surface area contributed by atoms with Gasteiger partial charge in [-0.15, -0.1) is 0 Å². The van der Waals surface area contributed by atoms with Crippen LogP contribution >= 0.6 is 11.5 Å². The maximum absolute atomic E-state index is 12.3. The van der Waals surface area contributed by atoms with E-state index >= 15 is 0 Å². The summed E-state index contributed by atoms with van der Waals surface area (Å²) in [7, 11) is 1.65. The fourth-order valence-corrected chi connectivity index (χ4v) is 3.89. The van der Waals surface area contributed by atoms with Crippen LogP contribution in [0, 0.1) is 0 Å². The normalized spacial score (nSPS) is 14.0. The highest BCUT2D eigenvalue weighted by Crippen LogP contribution is 2.22. The number of carbonyl (C=O) groups excluding carboxylic acids is 2. The third kappa shape index (κ3) is 5.90. The van der Waals surface area contributed by atoms with Gasteiger partial charge in [0.1, 0.15) is 11.6 Å². The number of amides is 1. The second kappa shape index (κ2) is 10.2. The molecule has 8 nitrogen and oxygen atoms in total. The number of piperazine rings is 1. The third-order valence-electron chi connectivity index (χ3n) is 4.70. The summed E-state index contributed by atoms with van der Waals surface area (Å²) >= 11 is 1.38. The number of hydrogen-bond acceptors (Lipinski definition) is 8. The lowest BCUT2D eigenvalue weighted by Gasteiger charge is -2.34. The van der Waals surface area contributed by atoms with Crippen LogP contribution in [0.4, 0.5) is 5.13 Å². The highest BCUT2D eigenvalue weighted by atomic mass is 32.1. The van der Waals surface area contributed by atoms with Gasteiger partial charge in [-0.2, -0.15) is 4.37 Å². The van der Waals surface area contributed by atoms with Crippen LogP contribution in [-0.2, 0) is 20.7 Å². The molecule has 0 bridgehead atoms. The molecule has 2 heterocycles. The van der Waals surface area contributed by atoms with Crippen molar-refractivity contribution in [2.45, 2.75) is 26.2 Å². The Bertz CT molecular complexity index is 833. The quantitative estimate of drug-likeness (QED) is 0.607. The molecule has 1 aliphatic rings. The summed E-state index contributed by atoms with van der Waals surface area (Å²) in [6, 6.07) is 7.89. The Morgan fingerprint density at radius 2 is 1.97 bits per heavy atom. The van der Waals surface area contributed by atoms with Gasteiger partial charge in [0.05, 0.1) is 20.1 Å². The van der Waals surface area contributed by atoms with Crippen molar-refractivity contribution in [3.05, 3.63) is 35.7 Å². The van der Waals surface area contributed by atoms with Crippen LogP contribution < -0.4 is 9.64 Å². The molecule has 0 aliphatic carbocycles. The molecule has 1 aromatic carbocycles. The van der Waals surface area contributed by atoms with E-state index in [4.69, 9.17) is 9.47 Å². The van der Waals surface area contributed by atoms with Crippen molar-refractivity contribution in [2.24, 2.45) is 0 Å². The minimum Gasteiger partial charge on any atom is -0.497 e. The SMILES string of the molecule is CCOC(=O)CCC(=O)N1CCN(c2nc(Cc3cccc(OC)c3)ns2)CC1. The van der Waals surface area contributed by atoms with Gasteiger partial charge in [-0.3, -0.25) is 9.59 Å². The third-order valence-corrected chi connectivity index (χ3v) is 5.52. The molecule has 0 radical (unpaired) electrons.